The van der Waals surface area contributed by atoms with E-state index in [2.05, 4.69) is 27.5 Å². The molecule has 6 nitrogen and oxygen atoms in total. The summed E-state index contributed by atoms with van der Waals surface area (Å²) in [6.45, 7) is 6.18. The summed E-state index contributed by atoms with van der Waals surface area (Å²) in [5.41, 5.74) is 3.03. The number of aryl methyl sites for hydroxylation is 2. The number of thioether (sulfide) groups is 1. The molecule has 2 N–H and O–H groups in total. The second kappa shape index (κ2) is 10.3. The molecule has 27 heavy (non-hydrogen) atoms. The Bertz CT molecular complexity index is 829. The summed E-state index contributed by atoms with van der Waals surface area (Å²) in [5.74, 6) is 0.275. The molecule has 0 radical (unpaired) electrons. The molecule has 0 bridgehead atoms. The second-order valence-electron chi connectivity index (χ2n) is 6.07. The van der Waals surface area contributed by atoms with Gasteiger partial charge < -0.3 is 10.6 Å². The van der Waals surface area contributed by atoms with Gasteiger partial charge in [-0.15, -0.1) is 0 Å². The molecule has 0 aliphatic rings. The van der Waals surface area contributed by atoms with E-state index in [0.29, 0.717) is 5.16 Å². The summed E-state index contributed by atoms with van der Waals surface area (Å²) in [5, 5.41) is 6.23. The third-order valence-electron chi connectivity index (χ3n) is 3.67. The fourth-order valence-corrected chi connectivity index (χ4v) is 3.16. The summed E-state index contributed by atoms with van der Waals surface area (Å²) >= 11 is 7.50. The van der Waals surface area contributed by atoms with Crippen LogP contribution in [0.1, 0.15) is 41.4 Å². The van der Waals surface area contributed by atoms with Gasteiger partial charge in [0.15, 0.2) is 10.9 Å². The molecular formula is C19H23ClN4O2S. The lowest BCUT2D eigenvalue weighted by atomic mass is 10.1. The minimum atomic E-state index is -0.417. The molecule has 2 aromatic rings. The Hall–Kier alpha value is -2.12. The van der Waals surface area contributed by atoms with Gasteiger partial charge in [0, 0.05) is 24.4 Å². The van der Waals surface area contributed by atoms with E-state index >= 15 is 0 Å². The van der Waals surface area contributed by atoms with E-state index in [1.54, 1.807) is 0 Å². The van der Waals surface area contributed by atoms with Crippen LogP contribution in [0.3, 0.4) is 0 Å². The number of benzene rings is 1. The van der Waals surface area contributed by atoms with Gasteiger partial charge in [0.05, 0.1) is 11.2 Å². The molecule has 8 heteroatoms. The molecule has 0 aliphatic heterocycles. The standard InChI is InChI=1S/C19H23ClN4O2S/c1-4-9-27-19-22-11-14(20)17(24-19)18(26)21-8-7-16(25)23-15-6-5-12(2)10-13(15)3/h5-6,10-11H,4,7-9H2,1-3H3,(H,21,26)(H,23,25). The minimum absolute atomic E-state index is 0.125. The number of hydrogen-bond acceptors (Lipinski definition) is 5. The number of carbonyl (C=O) groups is 2. The number of anilines is 1. The summed E-state index contributed by atoms with van der Waals surface area (Å²) in [7, 11) is 0. The number of nitrogens with zero attached hydrogens (tertiary/aromatic N) is 2. The van der Waals surface area contributed by atoms with Gasteiger partial charge in [-0.1, -0.05) is 48.0 Å². The van der Waals surface area contributed by atoms with Crippen LogP contribution in [0, 0.1) is 13.8 Å². The van der Waals surface area contributed by atoms with E-state index in [9.17, 15) is 9.59 Å². The van der Waals surface area contributed by atoms with Crippen LogP contribution in [-0.4, -0.2) is 34.1 Å². The van der Waals surface area contributed by atoms with Crippen molar-refractivity contribution in [2.45, 2.75) is 38.8 Å². The van der Waals surface area contributed by atoms with Crippen LogP contribution in [0.4, 0.5) is 5.69 Å². The molecule has 0 unspecified atom stereocenters. The normalized spacial score (nSPS) is 10.5. The summed E-state index contributed by atoms with van der Waals surface area (Å²) in [6, 6.07) is 5.82. The maximum atomic E-state index is 12.3. The highest BCUT2D eigenvalue weighted by molar-refractivity contribution is 7.99. The number of rotatable bonds is 8. The molecule has 1 aromatic carbocycles. The van der Waals surface area contributed by atoms with E-state index in [1.165, 1.54) is 18.0 Å². The predicted molar refractivity (Wildman–Crippen MR) is 110 cm³/mol. The van der Waals surface area contributed by atoms with Crippen LogP contribution >= 0.6 is 23.4 Å². The van der Waals surface area contributed by atoms with E-state index in [0.717, 1.165) is 29.0 Å². The Labute approximate surface area is 168 Å². The Balaban J connectivity index is 1.87. The largest absolute Gasteiger partial charge is 0.350 e. The topological polar surface area (TPSA) is 84.0 Å². The molecular weight excluding hydrogens is 384 g/mol. The third-order valence-corrected chi connectivity index (χ3v) is 5.01. The first-order valence-electron chi connectivity index (χ1n) is 8.71. The fraction of sp³-hybridized carbons (Fsp3) is 0.368. The Morgan fingerprint density at radius 1 is 1.26 bits per heavy atom. The zero-order valence-corrected chi connectivity index (χ0v) is 17.2. The van der Waals surface area contributed by atoms with Crippen molar-refractivity contribution in [1.82, 2.24) is 15.3 Å². The number of nitrogens with one attached hydrogen (secondary N) is 2. The van der Waals surface area contributed by atoms with Crippen LogP contribution in [0.15, 0.2) is 29.6 Å². The molecule has 1 heterocycles. The van der Waals surface area contributed by atoms with Gasteiger partial charge in [-0.3, -0.25) is 9.59 Å². The van der Waals surface area contributed by atoms with Crippen molar-refractivity contribution in [1.29, 1.82) is 0 Å². The first-order chi connectivity index (χ1) is 12.9. The van der Waals surface area contributed by atoms with Gasteiger partial charge in [-0.05, 0) is 31.9 Å². The summed E-state index contributed by atoms with van der Waals surface area (Å²) in [4.78, 5) is 32.7. The average molecular weight is 407 g/mol. The van der Waals surface area contributed by atoms with Crippen molar-refractivity contribution in [3.63, 3.8) is 0 Å². The predicted octanol–water partition coefficient (Wildman–Crippen LogP) is 4.01. The van der Waals surface area contributed by atoms with E-state index in [1.807, 2.05) is 32.0 Å². The zero-order chi connectivity index (χ0) is 19.8. The van der Waals surface area contributed by atoms with Crippen molar-refractivity contribution < 1.29 is 9.59 Å². The smallest absolute Gasteiger partial charge is 0.271 e. The highest BCUT2D eigenvalue weighted by atomic mass is 35.5. The number of amides is 2. The quantitative estimate of drug-likeness (QED) is 0.511. The monoisotopic (exact) mass is 406 g/mol. The molecule has 0 fully saturated rings. The van der Waals surface area contributed by atoms with E-state index in [-0.39, 0.29) is 29.6 Å². The zero-order valence-electron chi connectivity index (χ0n) is 15.6. The van der Waals surface area contributed by atoms with Crippen molar-refractivity contribution in [3.05, 3.63) is 46.2 Å². The van der Waals surface area contributed by atoms with Crippen molar-refractivity contribution in [2.75, 3.05) is 17.6 Å². The van der Waals surface area contributed by atoms with Crippen LogP contribution in [0.5, 0.6) is 0 Å². The van der Waals surface area contributed by atoms with Crippen LogP contribution in [0.2, 0.25) is 5.02 Å². The molecule has 144 valence electrons. The lowest BCUT2D eigenvalue weighted by molar-refractivity contribution is -0.116. The lowest BCUT2D eigenvalue weighted by Crippen LogP contribution is -2.28. The van der Waals surface area contributed by atoms with Gasteiger partial charge >= 0.3 is 0 Å². The number of aromatic nitrogens is 2. The molecule has 2 rings (SSSR count). The van der Waals surface area contributed by atoms with Gasteiger partial charge in [0.25, 0.3) is 5.91 Å². The van der Waals surface area contributed by atoms with Gasteiger partial charge in [0.1, 0.15) is 0 Å². The molecule has 0 saturated heterocycles. The van der Waals surface area contributed by atoms with Crippen LogP contribution < -0.4 is 10.6 Å². The number of hydrogen-bond donors (Lipinski definition) is 2. The first-order valence-corrected chi connectivity index (χ1v) is 10.1. The highest BCUT2D eigenvalue weighted by Crippen LogP contribution is 2.19. The van der Waals surface area contributed by atoms with Crippen LogP contribution in [-0.2, 0) is 4.79 Å². The van der Waals surface area contributed by atoms with Crippen molar-refractivity contribution in [3.8, 4) is 0 Å². The number of carbonyl (C=O) groups excluding carboxylic acids is 2. The molecule has 0 saturated carbocycles. The molecule has 1 aromatic heterocycles. The summed E-state index contributed by atoms with van der Waals surface area (Å²) in [6.07, 6.45) is 2.56. The molecule has 0 aliphatic carbocycles. The van der Waals surface area contributed by atoms with Crippen molar-refractivity contribution >= 4 is 40.9 Å². The van der Waals surface area contributed by atoms with Gasteiger partial charge in [-0.2, -0.15) is 0 Å². The molecule has 0 spiro atoms. The second-order valence-corrected chi connectivity index (χ2v) is 7.54. The number of halogens is 1. The maximum Gasteiger partial charge on any atom is 0.271 e. The van der Waals surface area contributed by atoms with Gasteiger partial charge in [0.2, 0.25) is 5.91 Å². The van der Waals surface area contributed by atoms with E-state index in [4.69, 9.17) is 11.6 Å². The lowest BCUT2D eigenvalue weighted by Gasteiger charge is -2.10. The Morgan fingerprint density at radius 2 is 2.04 bits per heavy atom. The van der Waals surface area contributed by atoms with E-state index < -0.39 is 5.91 Å². The molecule has 2 amide bonds. The average Bonchev–Trinajstić information content (AvgIpc) is 2.63. The SMILES string of the molecule is CCCSc1ncc(Cl)c(C(=O)NCCC(=O)Nc2ccc(C)cc2C)n1. The maximum absolute atomic E-state index is 12.3. The third kappa shape index (κ3) is 6.52. The van der Waals surface area contributed by atoms with Crippen LogP contribution in [0.25, 0.3) is 0 Å². The minimum Gasteiger partial charge on any atom is -0.350 e. The first kappa shape index (κ1) is 21.2. The summed E-state index contributed by atoms with van der Waals surface area (Å²) < 4.78 is 0. The molecule has 0 atom stereocenters. The fourth-order valence-electron chi connectivity index (χ4n) is 2.31. The Kier molecular flexibility index (Phi) is 8.06. The highest BCUT2D eigenvalue weighted by Gasteiger charge is 2.15. The van der Waals surface area contributed by atoms with Gasteiger partial charge in [-0.25, -0.2) is 9.97 Å². The Morgan fingerprint density at radius 3 is 2.74 bits per heavy atom. The van der Waals surface area contributed by atoms with Crippen molar-refractivity contribution in [2.24, 2.45) is 0 Å².